The molecule has 0 aliphatic rings. The van der Waals surface area contributed by atoms with Crippen molar-refractivity contribution >= 4 is 70.5 Å². The minimum atomic E-state index is -3.59. The Morgan fingerprint density at radius 1 is 1.26 bits per heavy atom. The van der Waals surface area contributed by atoms with Gasteiger partial charge in [-0.05, 0) is 63.0 Å². The smallest absolute Gasteiger partial charge is 0.263 e. The van der Waals surface area contributed by atoms with Gasteiger partial charge in [-0.1, -0.05) is 11.6 Å². The van der Waals surface area contributed by atoms with Gasteiger partial charge < -0.3 is 0 Å². The van der Waals surface area contributed by atoms with Crippen LogP contribution in [0.15, 0.2) is 37.4 Å². The quantitative estimate of drug-likeness (QED) is 0.720. The highest BCUT2D eigenvalue weighted by Gasteiger charge is 2.19. The van der Waals surface area contributed by atoms with Crippen LogP contribution in [0, 0.1) is 6.92 Å². The SMILES string of the molecule is Cc1sc(Br)cc1S(=O)(=O)Nc1ccc(Cl)c(Br)c1. The number of rotatable bonds is 3. The lowest BCUT2D eigenvalue weighted by Gasteiger charge is -2.08. The average molecular weight is 446 g/mol. The number of hydrogen-bond acceptors (Lipinski definition) is 3. The number of anilines is 1. The van der Waals surface area contributed by atoms with Gasteiger partial charge in [0, 0.05) is 9.35 Å². The van der Waals surface area contributed by atoms with Gasteiger partial charge >= 0.3 is 0 Å². The molecule has 2 aromatic rings. The van der Waals surface area contributed by atoms with E-state index >= 15 is 0 Å². The van der Waals surface area contributed by atoms with Crippen molar-refractivity contribution in [3.05, 3.63) is 42.4 Å². The third kappa shape index (κ3) is 3.52. The van der Waals surface area contributed by atoms with Crippen LogP contribution in [0.1, 0.15) is 4.88 Å². The molecule has 0 aliphatic heterocycles. The van der Waals surface area contributed by atoms with Gasteiger partial charge in [-0.15, -0.1) is 11.3 Å². The van der Waals surface area contributed by atoms with E-state index in [4.69, 9.17) is 11.6 Å². The van der Waals surface area contributed by atoms with Crippen LogP contribution in [0.5, 0.6) is 0 Å². The summed E-state index contributed by atoms with van der Waals surface area (Å²) >= 11 is 13.8. The summed E-state index contributed by atoms with van der Waals surface area (Å²) in [7, 11) is -3.59. The standard InChI is InChI=1S/C11H8Br2ClNO2S2/c1-6-10(5-11(13)18-6)19(16,17)15-7-2-3-9(14)8(12)4-7/h2-5,15H,1H3. The number of sulfonamides is 1. The Labute approximate surface area is 137 Å². The summed E-state index contributed by atoms with van der Waals surface area (Å²) in [6.45, 7) is 1.77. The van der Waals surface area contributed by atoms with Gasteiger partial charge in [0.05, 0.1) is 14.5 Å². The van der Waals surface area contributed by atoms with Crippen LogP contribution < -0.4 is 4.72 Å². The fourth-order valence-corrected chi connectivity index (χ4v) is 5.43. The van der Waals surface area contributed by atoms with E-state index in [1.54, 1.807) is 31.2 Å². The van der Waals surface area contributed by atoms with E-state index in [1.165, 1.54) is 11.3 Å². The summed E-state index contributed by atoms with van der Waals surface area (Å²) in [6, 6.07) is 6.45. The monoisotopic (exact) mass is 443 g/mol. The molecule has 1 heterocycles. The van der Waals surface area contributed by atoms with Crippen LogP contribution >= 0.6 is 54.8 Å². The van der Waals surface area contributed by atoms with Crippen molar-refractivity contribution in [2.45, 2.75) is 11.8 Å². The number of aryl methyl sites for hydroxylation is 1. The Morgan fingerprint density at radius 2 is 1.95 bits per heavy atom. The third-order valence-corrected chi connectivity index (χ3v) is 6.71. The molecule has 19 heavy (non-hydrogen) atoms. The Hall–Kier alpha value is -0.0800. The highest BCUT2D eigenvalue weighted by atomic mass is 79.9. The van der Waals surface area contributed by atoms with Gasteiger partial charge in [0.25, 0.3) is 10.0 Å². The number of nitrogens with one attached hydrogen (secondary N) is 1. The van der Waals surface area contributed by atoms with Crippen molar-refractivity contribution in [1.82, 2.24) is 0 Å². The van der Waals surface area contributed by atoms with Crippen molar-refractivity contribution in [2.24, 2.45) is 0 Å². The van der Waals surface area contributed by atoms with E-state index in [9.17, 15) is 8.42 Å². The minimum Gasteiger partial charge on any atom is -0.280 e. The van der Waals surface area contributed by atoms with Gasteiger partial charge in [-0.25, -0.2) is 8.42 Å². The summed E-state index contributed by atoms with van der Waals surface area (Å²) in [5, 5.41) is 0.525. The molecule has 0 spiro atoms. The molecule has 0 unspecified atom stereocenters. The Balaban J connectivity index is 2.36. The van der Waals surface area contributed by atoms with Crippen LogP contribution in [-0.4, -0.2) is 8.42 Å². The molecule has 3 nitrogen and oxygen atoms in total. The maximum Gasteiger partial charge on any atom is 0.263 e. The van der Waals surface area contributed by atoms with Crippen LogP contribution in [0.2, 0.25) is 5.02 Å². The summed E-state index contributed by atoms with van der Waals surface area (Å²) in [5.74, 6) is 0. The summed E-state index contributed by atoms with van der Waals surface area (Å²) in [4.78, 5) is 1.00. The molecule has 0 aliphatic carbocycles. The van der Waals surface area contributed by atoms with Crippen LogP contribution in [0.3, 0.4) is 0 Å². The van der Waals surface area contributed by atoms with E-state index in [1.807, 2.05) is 0 Å². The van der Waals surface area contributed by atoms with E-state index in [-0.39, 0.29) is 4.90 Å². The van der Waals surface area contributed by atoms with Gasteiger partial charge in [0.1, 0.15) is 4.90 Å². The molecule has 0 atom stereocenters. The molecular weight excluding hydrogens is 438 g/mol. The maximum absolute atomic E-state index is 12.3. The molecule has 1 aromatic carbocycles. The van der Waals surface area contributed by atoms with Gasteiger partial charge in [-0.2, -0.15) is 0 Å². The van der Waals surface area contributed by atoms with Crippen molar-refractivity contribution in [3.8, 4) is 0 Å². The molecular formula is C11H8Br2ClNO2S2. The molecule has 0 amide bonds. The van der Waals surface area contributed by atoms with Crippen molar-refractivity contribution in [1.29, 1.82) is 0 Å². The zero-order chi connectivity index (χ0) is 14.2. The largest absolute Gasteiger partial charge is 0.280 e. The van der Waals surface area contributed by atoms with E-state index in [0.717, 1.165) is 8.66 Å². The van der Waals surface area contributed by atoms with Crippen LogP contribution in [-0.2, 0) is 10.0 Å². The molecule has 102 valence electrons. The second-order valence-corrected chi connectivity index (χ2v) is 9.25. The first kappa shape index (κ1) is 15.3. The zero-order valence-corrected chi connectivity index (χ0v) is 15.1. The maximum atomic E-state index is 12.3. The Bertz CT molecular complexity index is 728. The second kappa shape index (κ2) is 5.73. The minimum absolute atomic E-state index is 0.274. The van der Waals surface area contributed by atoms with E-state index in [0.29, 0.717) is 15.2 Å². The number of halogens is 3. The lowest BCUT2D eigenvalue weighted by molar-refractivity contribution is 0.601. The molecule has 0 radical (unpaired) electrons. The van der Waals surface area contributed by atoms with Crippen LogP contribution in [0.4, 0.5) is 5.69 Å². The molecule has 8 heteroatoms. The molecule has 0 saturated carbocycles. The van der Waals surface area contributed by atoms with Gasteiger partial charge in [-0.3, -0.25) is 4.72 Å². The highest BCUT2D eigenvalue weighted by Crippen LogP contribution is 2.32. The number of thiophene rings is 1. The van der Waals surface area contributed by atoms with Gasteiger partial charge in [0.15, 0.2) is 0 Å². The lowest BCUT2D eigenvalue weighted by atomic mass is 10.3. The average Bonchev–Trinajstić information content (AvgIpc) is 2.63. The second-order valence-electron chi connectivity index (χ2n) is 3.71. The lowest BCUT2D eigenvalue weighted by Crippen LogP contribution is -2.13. The first-order chi connectivity index (χ1) is 8.79. The topological polar surface area (TPSA) is 46.2 Å². The normalized spacial score (nSPS) is 11.6. The van der Waals surface area contributed by atoms with Crippen molar-refractivity contribution in [3.63, 3.8) is 0 Å². The molecule has 0 fully saturated rings. The fourth-order valence-electron chi connectivity index (χ4n) is 1.47. The number of benzene rings is 1. The van der Waals surface area contributed by atoms with Crippen molar-refractivity contribution < 1.29 is 8.42 Å². The van der Waals surface area contributed by atoms with Crippen molar-refractivity contribution in [2.75, 3.05) is 4.72 Å². The van der Waals surface area contributed by atoms with E-state index < -0.39 is 10.0 Å². The molecule has 0 bridgehead atoms. The Morgan fingerprint density at radius 3 is 2.47 bits per heavy atom. The molecule has 2 rings (SSSR count). The first-order valence-corrected chi connectivity index (χ1v) is 9.30. The zero-order valence-electron chi connectivity index (χ0n) is 9.58. The Kier molecular flexibility index (Phi) is 4.62. The summed E-state index contributed by atoms with van der Waals surface area (Å²) < 4.78 is 28.5. The molecule has 1 N–H and O–H groups in total. The first-order valence-electron chi connectivity index (χ1n) is 5.03. The fraction of sp³-hybridized carbons (Fsp3) is 0.0909. The molecule has 1 aromatic heterocycles. The predicted molar refractivity (Wildman–Crippen MR) is 86.7 cm³/mol. The van der Waals surface area contributed by atoms with E-state index in [2.05, 4.69) is 36.6 Å². The third-order valence-electron chi connectivity index (χ3n) is 2.30. The summed E-state index contributed by atoms with van der Waals surface area (Å²) in [6.07, 6.45) is 0. The van der Waals surface area contributed by atoms with Crippen LogP contribution in [0.25, 0.3) is 0 Å². The predicted octanol–water partition coefficient (Wildman–Crippen LogP) is 5.04. The molecule has 0 saturated heterocycles. The number of hydrogen-bond donors (Lipinski definition) is 1. The summed E-state index contributed by atoms with van der Waals surface area (Å²) in [5.41, 5.74) is 0.456. The van der Waals surface area contributed by atoms with Gasteiger partial charge in [0.2, 0.25) is 0 Å². The highest BCUT2D eigenvalue weighted by molar-refractivity contribution is 9.11.